The maximum atomic E-state index is 11.9. The lowest BCUT2D eigenvalue weighted by atomic mass is 10.1. The summed E-state index contributed by atoms with van der Waals surface area (Å²) in [5.74, 6) is -0.393. The second kappa shape index (κ2) is 6.78. The number of carbonyl (C=O) groups excluding carboxylic acids is 2. The molecule has 2 amide bonds. The molecule has 110 valence electrons. The van der Waals surface area contributed by atoms with E-state index >= 15 is 0 Å². The van der Waals surface area contributed by atoms with Gasteiger partial charge >= 0.3 is 0 Å². The van der Waals surface area contributed by atoms with E-state index in [0.717, 1.165) is 4.90 Å². The maximum Gasteiger partial charge on any atom is 0.251 e. The number of carbonyl (C=O) groups is 2. The van der Waals surface area contributed by atoms with Crippen molar-refractivity contribution < 1.29 is 9.59 Å². The monoisotopic (exact) mass is 320 g/mol. The Labute approximate surface area is 131 Å². The van der Waals surface area contributed by atoms with Gasteiger partial charge in [-0.05, 0) is 48.6 Å². The zero-order chi connectivity index (χ0) is 15.4. The molecule has 0 radical (unpaired) electrons. The molecule has 0 fully saturated rings. The van der Waals surface area contributed by atoms with Gasteiger partial charge in [-0.2, -0.15) is 0 Å². The standard InChI is InChI=1S/C15H16N2O2S2/c1-9-3-4-11(7-10(9)2)21-8-13(18)17-15-12(14(16)19)5-6-20-15/h3-7H,8H2,1-2H3,(H2,16,19)(H,17,18). The molecule has 21 heavy (non-hydrogen) atoms. The lowest BCUT2D eigenvalue weighted by Gasteiger charge is -2.06. The van der Waals surface area contributed by atoms with Crippen molar-refractivity contribution in [2.75, 3.05) is 11.1 Å². The SMILES string of the molecule is Cc1ccc(SCC(=O)Nc2sccc2C(N)=O)cc1C. The Morgan fingerprint density at radius 1 is 1.24 bits per heavy atom. The molecule has 0 saturated heterocycles. The average molecular weight is 320 g/mol. The molecule has 1 heterocycles. The molecule has 0 saturated carbocycles. The molecule has 2 rings (SSSR count). The van der Waals surface area contributed by atoms with Gasteiger partial charge in [-0.3, -0.25) is 9.59 Å². The van der Waals surface area contributed by atoms with E-state index in [9.17, 15) is 9.59 Å². The molecule has 0 aliphatic rings. The molecule has 0 aliphatic heterocycles. The third-order valence-corrected chi connectivity index (χ3v) is 4.86. The highest BCUT2D eigenvalue weighted by Crippen LogP contribution is 2.24. The van der Waals surface area contributed by atoms with Gasteiger partial charge in [0.1, 0.15) is 5.00 Å². The lowest BCUT2D eigenvalue weighted by molar-refractivity contribution is -0.113. The third-order valence-electron chi connectivity index (χ3n) is 3.03. The molecule has 2 aromatic rings. The zero-order valence-electron chi connectivity index (χ0n) is 11.8. The number of amides is 2. The van der Waals surface area contributed by atoms with Crippen LogP contribution < -0.4 is 11.1 Å². The van der Waals surface area contributed by atoms with Crippen molar-refractivity contribution in [1.29, 1.82) is 0 Å². The van der Waals surface area contributed by atoms with Gasteiger partial charge in [0.25, 0.3) is 5.91 Å². The van der Waals surface area contributed by atoms with Gasteiger partial charge in [0.2, 0.25) is 5.91 Å². The highest BCUT2D eigenvalue weighted by molar-refractivity contribution is 8.00. The molecule has 0 atom stereocenters. The number of nitrogens with one attached hydrogen (secondary N) is 1. The van der Waals surface area contributed by atoms with E-state index in [2.05, 4.69) is 18.3 Å². The van der Waals surface area contributed by atoms with Crippen molar-refractivity contribution in [1.82, 2.24) is 0 Å². The summed E-state index contributed by atoms with van der Waals surface area (Å²) in [6.45, 7) is 4.10. The molecule has 1 aromatic heterocycles. The fourth-order valence-electron chi connectivity index (χ4n) is 1.72. The van der Waals surface area contributed by atoms with Crippen LogP contribution in [0.25, 0.3) is 0 Å². The first-order valence-electron chi connectivity index (χ1n) is 6.34. The number of rotatable bonds is 5. The summed E-state index contributed by atoms with van der Waals surface area (Å²) in [5, 5.41) is 4.96. The number of hydrogen-bond donors (Lipinski definition) is 2. The summed E-state index contributed by atoms with van der Waals surface area (Å²) in [6.07, 6.45) is 0. The third kappa shape index (κ3) is 4.09. The number of primary amides is 1. The Kier molecular flexibility index (Phi) is 5.03. The summed E-state index contributed by atoms with van der Waals surface area (Å²) >= 11 is 2.75. The first-order valence-corrected chi connectivity index (χ1v) is 8.21. The minimum Gasteiger partial charge on any atom is -0.366 e. The Balaban J connectivity index is 1.94. The van der Waals surface area contributed by atoms with Crippen molar-refractivity contribution in [2.45, 2.75) is 18.7 Å². The number of thiophene rings is 1. The molecule has 4 nitrogen and oxygen atoms in total. The van der Waals surface area contributed by atoms with E-state index in [0.29, 0.717) is 16.3 Å². The predicted octanol–water partition coefficient (Wildman–Crippen LogP) is 3.19. The summed E-state index contributed by atoms with van der Waals surface area (Å²) < 4.78 is 0. The van der Waals surface area contributed by atoms with Crippen LogP contribution in [0.3, 0.4) is 0 Å². The van der Waals surface area contributed by atoms with E-state index < -0.39 is 5.91 Å². The van der Waals surface area contributed by atoms with Crippen molar-refractivity contribution >= 4 is 39.9 Å². The van der Waals surface area contributed by atoms with E-state index in [-0.39, 0.29) is 5.91 Å². The van der Waals surface area contributed by atoms with Crippen LogP contribution in [0, 0.1) is 13.8 Å². The molecular weight excluding hydrogens is 304 g/mol. The van der Waals surface area contributed by atoms with Crippen molar-refractivity contribution in [3.05, 3.63) is 46.3 Å². The molecule has 1 aromatic carbocycles. The van der Waals surface area contributed by atoms with E-state index in [4.69, 9.17) is 5.73 Å². The van der Waals surface area contributed by atoms with Gasteiger partial charge in [-0.1, -0.05) is 6.07 Å². The van der Waals surface area contributed by atoms with Gasteiger partial charge in [-0.15, -0.1) is 23.1 Å². The second-order valence-electron chi connectivity index (χ2n) is 4.61. The fraction of sp³-hybridized carbons (Fsp3) is 0.200. The molecular formula is C15H16N2O2S2. The summed E-state index contributed by atoms with van der Waals surface area (Å²) in [6, 6.07) is 7.71. The van der Waals surface area contributed by atoms with E-state index in [1.807, 2.05) is 19.1 Å². The summed E-state index contributed by atoms with van der Waals surface area (Å²) in [7, 11) is 0. The zero-order valence-corrected chi connectivity index (χ0v) is 13.4. The number of aryl methyl sites for hydroxylation is 2. The van der Waals surface area contributed by atoms with Crippen LogP contribution >= 0.6 is 23.1 Å². The summed E-state index contributed by atoms with van der Waals surface area (Å²) in [5.41, 5.74) is 8.03. The van der Waals surface area contributed by atoms with Gasteiger partial charge in [-0.25, -0.2) is 0 Å². The Bertz CT molecular complexity index is 680. The van der Waals surface area contributed by atoms with Crippen molar-refractivity contribution in [3.63, 3.8) is 0 Å². The Hall–Kier alpha value is -1.79. The van der Waals surface area contributed by atoms with Gasteiger partial charge in [0.05, 0.1) is 11.3 Å². The lowest BCUT2D eigenvalue weighted by Crippen LogP contribution is -2.17. The quantitative estimate of drug-likeness (QED) is 0.831. The Morgan fingerprint density at radius 2 is 2.00 bits per heavy atom. The first-order chi connectivity index (χ1) is 9.97. The average Bonchev–Trinajstić information content (AvgIpc) is 2.88. The Morgan fingerprint density at radius 3 is 2.67 bits per heavy atom. The first kappa shape index (κ1) is 15.6. The predicted molar refractivity (Wildman–Crippen MR) is 88.1 cm³/mol. The second-order valence-corrected chi connectivity index (χ2v) is 6.58. The fourth-order valence-corrected chi connectivity index (χ4v) is 3.32. The van der Waals surface area contributed by atoms with Crippen LogP contribution in [-0.4, -0.2) is 17.6 Å². The van der Waals surface area contributed by atoms with Crippen LogP contribution in [0.1, 0.15) is 21.5 Å². The van der Waals surface area contributed by atoms with Gasteiger partial charge in [0, 0.05) is 4.90 Å². The van der Waals surface area contributed by atoms with E-state index in [1.54, 1.807) is 11.4 Å². The molecule has 0 unspecified atom stereocenters. The topological polar surface area (TPSA) is 72.2 Å². The van der Waals surface area contributed by atoms with Gasteiger partial charge < -0.3 is 11.1 Å². The molecule has 0 spiro atoms. The number of thioether (sulfide) groups is 1. The molecule has 3 N–H and O–H groups in total. The maximum absolute atomic E-state index is 11.9. The highest BCUT2D eigenvalue weighted by Gasteiger charge is 2.12. The van der Waals surface area contributed by atoms with Crippen LogP contribution in [0.4, 0.5) is 5.00 Å². The largest absolute Gasteiger partial charge is 0.366 e. The summed E-state index contributed by atoms with van der Waals surface area (Å²) in [4.78, 5) is 24.2. The molecule has 6 heteroatoms. The van der Waals surface area contributed by atoms with Crippen molar-refractivity contribution in [3.8, 4) is 0 Å². The van der Waals surface area contributed by atoms with Crippen LogP contribution in [0.5, 0.6) is 0 Å². The van der Waals surface area contributed by atoms with Crippen LogP contribution in [0.2, 0.25) is 0 Å². The highest BCUT2D eigenvalue weighted by atomic mass is 32.2. The van der Waals surface area contributed by atoms with Gasteiger partial charge in [0.15, 0.2) is 0 Å². The minimum absolute atomic E-state index is 0.150. The van der Waals surface area contributed by atoms with Crippen LogP contribution in [0.15, 0.2) is 34.5 Å². The number of anilines is 1. The number of benzene rings is 1. The normalized spacial score (nSPS) is 10.4. The molecule has 0 aliphatic carbocycles. The number of nitrogens with two attached hydrogens (primary N) is 1. The smallest absolute Gasteiger partial charge is 0.251 e. The van der Waals surface area contributed by atoms with E-state index in [1.165, 1.54) is 34.2 Å². The number of hydrogen-bond acceptors (Lipinski definition) is 4. The van der Waals surface area contributed by atoms with Crippen molar-refractivity contribution in [2.24, 2.45) is 5.73 Å². The minimum atomic E-state index is -0.534. The van der Waals surface area contributed by atoms with Crippen LogP contribution in [-0.2, 0) is 4.79 Å². The molecule has 0 bridgehead atoms.